The fourth-order valence-electron chi connectivity index (χ4n) is 1.46. The molecule has 0 saturated heterocycles. The molecule has 0 heterocycles. The second-order valence-electron chi connectivity index (χ2n) is 3.73. The van der Waals surface area contributed by atoms with Crippen LogP contribution in [0.25, 0.3) is 0 Å². The molecular formula is C12H19NS. The van der Waals surface area contributed by atoms with E-state index < -0.39 is 0 Å². The normalized spacial score (nSPS) is 13.1. The average Bonchev–Trinajstić information content (AvgIpc) is 2.20. The van der Waals surface area contributed by atoms with E-state index in [0.29, 0.717) is 5.25 Å². The topological polar surface area (TPSA) is 3.24 Å². The Kier molecular flexibility index (Phi) is 5.05. The van der Waals surface area contributed by atoms with Crippen LogP contribution in [0.4, 0.5) is 0 Å². The van der Waals surface area contributed by atoms with Gasteiger partial charge in [-0.25, -0.2) is 0 Å². The van der Waals surface area contributed by atoms with Crippen LogP contribution in [0.2, 0.25) is 0 Å². The molecule has 2 heteroatoms. The third-order valence-corrected chi connectivity index (χ3v) is 3.37. The molecule has 0 radical (unpaired) electrons. The first-order valence-corrected chi connectivity index (χ1v) is 6.25. The third-order valence-electron chi connectivity index (χ3n) is 2.29. The van der Waals surface area contributed by atoms with Crippen LogP contribution >= 0.6 is 11.8 Å². The minimum Gasteiger partial charge on any atom is -0.309 e. The van der Waals surface area contributed by atoms with Crippen molar-refractivity contribution >= 4 is 11.8 Å². The highest BCUT2D eigenvalue weighted by atomic mass is 32.2. The van der Waals surface area contributed by atoms with Crippen molar-refractivity contribution in [1.29, 1.82) is 0 Å². The summed E-state index contributed by atoms with van der Waals surface area (Å²) in [4.78, 5) is 2.24. The second-order valence-corrected chi connectivity index (χ2v) is 4.77. The molecule has 1 aromatic rings. The predicted octanol–water partition coefficient (Wildman–Crippen LogP) is 3.04. The van der Waals surface area contributed by atoms with Gasteiger partial charge in [0.25, 0.3) is 0 Å². The summed E-state index contributed by atoms with van der Waals surface area (Å²) < 4.78 is 0. The lowest BCUT2D eigenvalue weighted by Crippen LogP contribution is -2.14. The smallest absolute Gasteiger partial charge is 0.0306 e. The highest BCUT2D eigenvalue weighted by Gasteiger charge is 2.09. The first kappa shape index (κ1) is 11.6. The van der Waals surface area contributed by atoms with Gasteiger partial charge in [-0.1, -0.05) is 30.3 Å². The predicted molar refractivity (Wildman–Crippen MR) is 65.9 cm³/mol. The van der Waals surface area contributed by atoms with Crippen LogP contribution in [-0.2, 0) is 0 Å². The van der Waals surface area contributed by atoms with E-state index in [-0.39, 0.29) is 0 Å². The number of hydrogen-bond donors (Lipinski definition) is 0. The maximum Gasteiger partial charge on any atom is 0.0306 e. The van der Waals surface area contributed by atoms with Gasteiger partial charge >= 0.3 is 0 Å². The SMILES string of the molecule is CSC(CCN(C)C)c1ccccc1. The van der Waals surface area contributed by atoms with E-state index in [1.165, 1.54) is 12.0 Å². The molecule has 14 heavy (non-hydrogen) atoms. The minimum absolute atomic E-state index is 0.638. The maximum absolute atomic E-state index is 2.24. The van der Waals surface area contributed by atoms with E-state index >= 15 is 0 Å². The summed E-state index contributed by atoms with van der Waals surface area (Å²) in [6.45, 7) is 1.15. The summed E-state index contributed by atoms with van der Waals surface area (Å²) in [7, 11) is 4.25. The lowest BCUT2D eigenvalue weighted by Gasteiger charge is -2.17. The molecule has 0 spiro atoms. The molecule has 0 N–H and O–H groups in total. The van der Waals surface area contributed by atoms with Crippen molar-refractivity contribution in [1.82, 2.24) is 4.90 Å². The molecule has 1 atom stereocenters. The first-order valence-electron chi connectivity index (χ1n) is 4.96. The molecule has 1 unspecified atom stereocenters. The molecule has 78 valence electrons. The van der Waals surface area contributed by atoms with Gasteiger partial charge in [0.15, 0.2) is 0 Å². The van der Waals surface area contributed by atoms with Gasteiger partial charge in [-0.05, 0) is 38.9 Å². The summed E-state index contributed by atoms with van der Waals surface area (Å²) in [5.74, 6) is 0. The second kappa shape index (κ2) is 6.10. The molecule has 0 aliphatic heterocycles. The molecule has 0 aliphatic carbocycles. The zero-order valence-electron chi connectivity index (χ0n) is 9.23. The van der Waals surface area contributed by atoms with Gasteiger partial charge in [0.05, 0.1) is 0 Å². The molecule has 0 fully saturated rings. The molecule has 0 aliphatic rings. The Morgan fingerprint density at radius 3 is 2.36 bits per heavy atom. The lowest BCUT2D eigenvalue weighted by atomic mass is 10.1. The Morgan fingerprint density at radius 2 is 1.86 bits per heavy atom. The molecule has 1 rings (SSSR count). The zero-order chi connectivity index (χ0) is 10.4. The summed E-state index contributed by atoms with van der Waals surface area (Å²) in [5, 5.41) is 0.638. The Balaban J connectivity index is 2.54. The van der Waals surface area contributed by atoms with Crippen molar-refractivity contribution < 1.29 is 0 Å². The fourth-order valence-corrected chi connectivity index (χ4v) is 2.23. The van der Waals surface area contributed by atoms with Gasteiger partial charge < -0.3 is 4.90 Å². The van der Waals surface area contributed by atoms with Gasteiger partial charge in [0.2, 0.25) is 0 Å². The maximum atomic E-state index is 2.24. The van der Waals surface area contributed by atoms with E-state index in [1.807, 2.05) is 11.8 Å². The van der Waals surface area contributed by atoms with Crippen molar-refractivity contribution in [2.75, 3.05) is 26.9 Å². The molecule has 0 bridgehead atoms. The van der Waals surface area contributed by atoms with E-state index in [2.05, 4.69) is 55.6 Å². The molecule has 0 amide bonds. The Labute approximate surface area is 91.5 Å². The van der Waals surface area contributed by atoms with Crippen LogP contribution in [0.1, 0.15) is 17.2 Å². The summed E-state index contributed by atoms with van der Waals surface area (Å²) >= 11 is 1.94. The zero-order valence-corrected chi connectivity index (χ0v) is 10.1. The quantitative estimate of drug-likeness (QED) is 0.733. The van der Waals surface area contributed by atoms with Crippen LogP contribution < -0.4 is 0 Å². The van der Waals surface area contributed by atoms with Gasteiger partial charge in [-0.2, -0.15) is 11.8 Å². The number of thioether (sulfide) groups is 1. The fraction of sp³-hybridized carbons (Fsp3) is 0.500. The summed E-state index contributed by atoms with van der Waals surface area (Å²) in [6.07, 6.45) is 3.41. The van der Waals surface area contributed by atoms with E-state index in [9.17, 15) is 0 Å². The largest absolute Gasteiger partial charge is 0.309 e. The highest BCUT2D eigenvalue weighted by Crippen LogP contribution is 2.29. The van der Waals surface area contributed by atoms with E-state index in [0.717, 1.165) is 6.54 Å². The molecular weight excluding hydrogens is 190 g/mol. The summed E-state index contributed by atoms with van der Waals surface area (Å²) in [6, 6.07) is 10.8. The van der Waals surface area contributed by atoms with E-state index in [4.69, 9.17) is 0 Å². The highest BCUT2D eigenvalue weighted by molar-refractivity contribution is 7.98. The van der Waals surface area contributed by atoms with Crippen molar-refractivity contribution in [3.63, 3.8) is 0 Å². The monoisotopic (exact) mass is 209 g/mol. The number of rotatable bonds is 5. The number of benzene rings is 1. The Bertz CT molecular complexity index is 246. The van der Waals surface area contributed by atoms with Crippen LogP contribution in [0, 0.1) is 0 Å². The Morgan fingerprint density at radius 1 is 1.21 bits per heavy atom. The van der Waals surface area contributed by atoms with Crippen molar-refractivity contribution in [3.8, 4) is 0 Å². The average molecular weight is 209 g/mol. The van der Waals surface area contributed by atoms with Crippen LogP contribution in [0.5, 0.6) is 0 Å². The van der Waals surface area contributed by atoms with Crippen molar-refractivity contribution in [2.24, 2.45) is 0 Å². The van der Waals surface area contributed by atoms with Crippen LogP contribution in [0.3, 0.4) is 0 Å². The molecule has 1 nitrogen and oxygen atoms in total. The number of hydrogen-bond acceptors (Lipinski definition) is 2. The number of nitrogens with zero attached hydrogens (tertiary/aromatic N) is 1. The summed E-state index contributed by atoms with van der Waals surface area (Å²) in [5.41, 5.74) is 1.45. The van der Waals surface area contributed by atoms with Crippen molar-refractivity contribution in [3.05, 3.63) is 35.9 Å². The van der Waals surface area contributed by atoms with Gasteiger partial charge in [0, 0.05) is 5.25 Å². The lowest BCUT2D eigenvalue weighted by molar-refractivity contribution is 0.399. The molecule has 0 saturated carbocycles. The Hall–Kier alpha value is -0.470. The molecule has 0 aromatic heterocycles. The van der Waals surface area contributed by atoms with Gasteiger partial charge in [-0.3, -0.25) is 0 Å². The minimum atomic E-state index is 0.638. The van der Waals surface area contributed by atoms with Gasteiger partial charge in [-0.15, -0.1) is 0 Å². The van der Waals surface area contributed by atoms with Gasteiger partial charge in [0.1, 0.15) is 0 Å². The molecule has 1 aromatic carbocycles. The third kappa shape index (κ3) is 3.72. The van der Waals surface area contributed by atoms with Crippen LogP contribution in [0.15, 0.2) is 30.3 Å². The van der Waals surface area contributed by atoms with Crippen LogP contribution in [-0.4, -0.2) is 31.8 Å². The first-order chi connectivity index (χ1) is 6.74. The van der Waals surface area contributed by atoms with Crippen molar-refractivity contribution in [2.45, 2.75) is 11.7 Å². The standard InChI is InChI=1S/C12H19NS/c1-13(2)10-9-12(14-3)11-7-5-4-6-8-11/h4-8,12H,9-10H2,1-3H3. The van der Waals surface area contributed by atoms with E-state index in [1.54, 1.807) is 0 Å².